The fourth-order valence-electron chi connectivity index (χ4n) is 1.36. The van der Waals surface area contributed by atoms with Gasteiger partial charge in [-0.15, -0.1) is 0 Å². The van der Waals surface area contributed by atoms with E-state index in [4.69, 9.17) is 0 Å². The van der Waals surface area contributed by atoms with E-state index in [1.165, 1.54) is 25.9 Å². The first-order chi connectivity index (χ1) is 6.16. The monoisotopic (exact) mass is 186 g/mol. The smallest absolute Gasteiger partial charge is 0.000969 e. The van der Waals surface area contributed by atoms with Crippen LogP contribution < -0.4 is 5.32 Å². The van der Waals surface area contributed by atoms with E-state index in [1.807, 2.05) is 0 Å². The summed E-state index contributed by atoms with van der Waals surface area (Å²) in [6.07, 6.45) is 2.53. The predicted molar refractivity (Wildman–Crippen MR) is 60.1 cm³/mol. The molecule has 1 N–H and O–H groups in total. The molecule has 0 unspecified atom stereocenters. The molecule has 0 radical (unpaired) electrons. The van der Waals surface area contributed by atoms with E-state index in [9.17, 15) is 0 Å². The Labute approximate surface area is 83.7 Å². The van der Waals surface area contributed by atoms with E-state index in [-0.39, 0.29) is 0 Å². The molecule has 0 aromatic rings. The van der Waals surface area contributed by atoms with Gasteiger partial charge in [-0.05, 0) is 52.0 Å². The van der Waals surface area contributed by atoms with Crippen LogP contribution >= 0.6 is 0 Å². The maximum atomic E-state index is 3.46. The van der Waals surface area contributed by atoms with Crippen molar-refractivity contribution in [1.29, 1.82) is 0 Å². The maximum Gasteiger partial charge on any atom is -0.000969 e. The van der Waals surface area contributed by atoms with E-state index in [0.717, 1.165) is 19.0 Å². The van der Waals surface area contributed by atoms with Gasteiger partial charge in [0.1, 0.15) is 0 Å². The zero-order valence-corrected chi connectivity index (χ0v) is 9.77. The molecular formula is C11H26N2. The molecule has 80 valence electrons. The summed E-state index contributed by atoms with van der Waals surface area (Å²) in [5.41, 5.74) is 0. The molecule has 0 aromatic carbocycles. The highest BCUT2D eigenvalue weighted by Crippen LogP contribution is 1.90. The summed E-state index contributed by atoms with van der Waals surface area (Å²) >= 11 is 0. The zero-order valence-electron chi connectivity index (χ0n) is 9.77. The van der Waals surface area contributed by atoms with Crippen LogP contribution in [0.1, 0.15) is 33.6 Å². The summed E-state index contributed by atoms with van der Waals surface area (Å²) in [6, 6.07) is 0. The van der Waals surface area contributed by atoms with Gasteiger partial charge in [-0.25, -0.2) is 0 Å². The van der Waals surface area contributed by atoms with Gasteiger partial charge in [-0.1, -0.05) is 20.8 Å². The van der Waals surface area contributed by atoms with E-state index >= 15 is 0 Å². The minimum atomic E-state index is 0.772. The fraction of sp³-hybridized carbons (Fsp3) is 1.00. The lowest BCUT2D eigenvalue weighted by molar-refractivity contribution is 0.326. The Kier molecular flexibility index (Phi) is 8.46. The summed E-state index contributed by atoms with van der Waals surface area (Å²) in [4.78, 5) is 2.40. The van der Waals surface area contributed by atoms with Crippen molar-refractivity contribution in [2.24, 2.45) is 5.92 Å². The molecule has 0 aliphatic rings. The van der Waals surface area contributed by atoms with Gasteiger partial charge in [0.25, 0.3) is 0 Å². The molecule has 0 aliphatic carbocycles. The molecule has 0 rings (SSSR count). The highest BCUT2D eigenvalue weighted by atomic mass is 15.1. The van der Waals surface area contributed by atoms with Crippen LogP contribution in [0.2, 0.25) is 0 Å². The lowest BCUT2D eigenvalue weighted by Gasteiger charge is -2.15. The Hall–Kier alpha value is -0.0800. The standard InChI is InChI=1S/C11H26N2/c1-5-8-13(4)9-6-7-12-10-11(2)3/h11-12H,5-10H2,1-4H3. The predicted octanol–water partition coefficient (Wildman–Crippen LogP) is 1.96. The van der Waals surface area contributed by atoms with Crippen molar-refractivity contribution in [3.05, 3.63) is 0 Å². The van der Waals surface area contributed by atoms with Crippen LogP contribution in [-0.2, 0) is 0 Å². The number of nitrogens with one attached hydrogen (secondary N) is 1. The Balaban J connectivity index is 3.06. The lowest BCUT2D eigenvalue weighted by Crippen LogP contribution is -2.26. The van der Waals surface area contributed by atoms with Crippen molar-refractivity contribution in [3.63, 3.8) is 0 Å². The molecule has 2 nitrogen and oxygen atoms in total. The topological polar surface area (TPSA) is 15.3 Å². The zero-order chi connectivity index (χ0) is 10.1. The third-order valence-electron chi connectivity index (χ3n) is 2.05. The van der Waals surface area contributed by atoms with E-state index in [2.05, 4.69) is 38.0 Å². The van der Waals surface area contributed by atoms with Crippen LogP contribution in [0.4, 0.5) is 0 Å². The molecule has 0 amide bonds. The normalized spacial score (nSPS) is 11.5. The second kappa shape index (κ2) is 8.52. The van der Waals surface area contributed by atoms with Gasteiger partial charge in [0.15, 0.2) is 0 Å². The van der Waals surface area contributed by atoms with Crippen molar-refractivity contribution in [1.82, 2.24) is 10.2 Å². The summed E-state index contributed by atoms with van der Waals surface area (Å²) in [7, 11) is 2.20. The van der Waals surface area contributed by atoms with Gasteiger partial charge < -0.3 is 10.2 Å². The van der Waals surface area contributed by atoms with E-state index < -0.39 is 0 Å². The first kappa shape index (κ1) is 12.9. The molecule has 13 heavy (non-hydrogen) atoms. The highest BCUT2D eigenvalue weighted by molar-refractivity contribution is 4.55. The SMILES string of the molecule is CCCN(C)CCCNCC(C)C. The molecule has 0 bridgehead atoms. The molecular weight excluding hydrogens is 160 g/mol. The van der Waals surface area contributed by atoms with Crippen molar-refractivity contribution >= 4 is 0 Å². The Morgan fingerprint density at radius 2 is 1.92 bits per heavy atom. The average molecular weight is 186 g/mol. The molecule has 0 heterocycles. The van der Waals surface area contributed by atoms with E-state index in [0.29, 0.717) is 0 Å². The molecule has 0 fully saturated rings. The molecule has 2 heteroatoms. The van der Waals surface area contributed by atoms with Gasteiger partial charge in [0.2, 0.25) is 0 Å². The largest absolute Gasteiger partial charge is 0.316 e. The first-order valence-electron chi connectivity index (χ1n) is 5.56. The van der Waals surface area contributed by atoms with Crippen LogP contribution in [0.25, 0.3) is 0 Å². The van der Waals surface area contributed by atoms with Crippen LogP contribution in [-0.4, -0.2) is 38.1 Å². The van der Waals surface area contributed by atoms with Crippen LogP contribution in [0, 0.1) is 5.92 Å². The van der Waals surface area contributed by atoms with Gasteiger partial charge in [-0.3, -0.25) is 0 Å². The molecule has 0 aliphatic heterocycles. The van der Waals surface area contributed by atoms with Crippen molar-refractivity contribution in [2.75, 3.05) is 33.2 Å². The van der Waals surface area contributed by atoms with Gasteiger partial charge in [0.05, 0.1) is 0 Å². The van der Waals surface area contributed by atoms with Crippen molar-refractivity contribution < 1.29 is 0 Å². The second-order valence-corrected chi connectivity index (χ2v) is 4.25. The molecule has 0 spiro atoms. The Bertz CT molecular complexity index is 102. The maximum absolute atomic E-state index is 3.46. The molecule has 0 aromatic heterocycles. The number of hydrogen-bond donors (Lipinski definition) is 1. The van der Waals surface area contributed by atoms with Gasteiger partial charge in [-0.2, -0.15) is 0 Å². The minimum Gasteiger partial charge on any atom is -0.316 e. The van der Waals surface area contributed by atoms with Gasteiger partial charge in [0, 0.05) is 0 Å². The third-order valence-corrected chi connectivity index (χ3v) is 2.05. The summed E-state index contributed by atoms with van der Waals surface area (Å²) in [5.74, 6) is 0.772. The quantitative estimate of drug-likeness (QED) is 0.583. The summed E-state index contributed by atoms with van der Waals surface area (Å²) < 4.78 is 0. The van der Waals surface area contributed by atoms with Gasteiger partial charge >= 0.3 is 0 Å². The third kappa shape index (κ3) is 9.84. The van der Waals surface area contributed by atoms with E-state index in [1.54, 1.807) is 0 Å². The number of nitrogens with zero attached hydrogens (tertiary/aromatic N) is 1. The lowest BCUT2D eigenvalue weighted by atomic mass is 10.2. The number of rotatable bonds is 8. The first-order valence-corrected chi connectivity index (χ1v) is 5.56. The van der Waals surface area contributed by atoms with Crippen molar-refractivity contribution in [2.45, 2.75) is 33.6 Å². The number of hydrogen-bond acceptors (Lipinski definition) is 2. The molecule has 0 atom stereocenters. The van der Waals surface area contributed by atoms with Crippen LogP contribution in [0.15, 0.2) is 0 Å². The minimum absolute atomic E-state index is 0.772. The summed E-state index contributed by atoms with van der Waals surface area (Å²) in [5, 5.41) is 3.46. The Morgan fingerprint density at radius 1 is 1.23 bits per heavy atom. The fourth-order valence-corrected chi connectivity index (χ4v) is 1.36. The summed E-state index contributed by atoms with van der Waals surface area (Å²) in [6.45, 7) is 11.5. The Morgan fingerprint density at radius 3 is 2.46 bits per heavy atom. The van der Waals surface area contributed by atoms with Crippen molar-refractivity contribution in [3.8, 4) is 0 Å². The average Bonchev–Trinajstić information content (AvgIpc) is 2.03. The van der Waals surface area contributed by atoms with Crippen LogP contribution in [0.3, 0.4) is 0 Å². The highest BCUT2D eigenvalue weighted by Gasteiger charge is 1.96. The second-order valence-electron chi connectivity index (χ2n) is 4.25. The molecule has 0 saturated carbocycles. The van der Waals surface area contributed by atoms with Crippen LogP contribution in [0.5, 0.6) is 0 Å². The molecule has 0 saturated heterocycles.